The van der Waals surface area contributed by atoms with E-state index in [1.54, 1.807) is 23.2 Å². The lowest BCUT2D eigenvalue weighted by molar-refractivity contribution is -0.145. The lowest BCUT2D eigenvalue weighted by Crippen LogP contribution is -2.17. The van der Waals surface area contributed by atoms with Gasteiger partial charge in [-0.15, -0.1) is 10.2 Å². The van der Waals surface area contributed by atoms with Crippen LogP contribution in [-0.4, -0.2) is 55.1 Å². The number of fused-ring (bicyclic) bond motifs is 8. The maximum atomic E-state index is 12.3. The molecule has 1 aliphatic rings. The van der Waals surface area contributed by atoms with Gasteiger partial charge in [-0.1, -0.05) is 59.0 Å². The quantitative estimate of drug-likeness (QED) is 0.357. The summed E-state index contributed by atoms with van der Waals surface area (Å²) in [4.78, 5) is 24.6. The zero-order chi connectivity index (χ0) is 23.7. The molecular weight excluding hydrogens is 436 g/mol. The average Bonchev–Trinajstić information content (AvgIpc) is 3.42. The molecule has 2 aromatic carbocycles. The second-order valence-electron chi connectivity index (χ2n) is 7.59. The van der Waals surface area contributed by atoms with E-state index in [-0.39, 0.29) is 26.3 Å². The van der Waals surface area contributed by atoms with Gasteiger partial charge in [0.25, 0.3) is 0 Å². The van der Waals surface area contributed by atoms with Crippen LogP contribution in [0.2, 0.25) is 0 Å². The second kappa shape index (κ2) is 8.89. The van der Waals surface area contributed by atoms with Gasteiger partial charge in [0, 0.05) is 22.3 Å². The van der Waals surface area contributed by atoms with E-state index < -0.39 is 11.9 Å². The Kier molecular flexibility index (Phi) is 5.62. The monoisotopic (exact) mass is 458 g/mol. The van der Waals surface area contributed by atoms with Crippen molar-refractivity contribution in [1.82, 2.24) is 30.0 Å². The van der Waals surface area contributed by atoms with Crippen molar-refractivity contribution in [3.63, 3.8) is 0 Å². The van der Waals surface area contributed by atoms with Gasteiger partial charge in [0.15, 0.2) is 0 Å². The number of esters is 2. The topological polar surface area (TPSA) is 114 Å². The average molecular weight is 458 g/mol. The van der Waals surface area contributed by atoms with Crippen molar-refractivity contribution in [2.75, 3.05) is 13.2 Å². The number of nitrogens with zero attached hydrogens (tertiary/aromatic N) is 6. The Hall–Kier alpha value is -4.34. The van der Waals surface area contributed by atoms with Crippen molar-refractivity contribution in [2.24, 2.45) is 0 Å². The first kappa shape index (κ1) is 21.5. The summed E-state index contributed by atoms with van der Waals surface area (Å²) < 4.78 is 13.4. The van der Waals surface area contributed by atoms with Crippen LogP contribution in [0.3, 0.4) is 0 Å². The van der Waals surface area contributed by atoms with Crippen molar-refractivity contribution >= 4 is 11.9 Å². The van der Waals surface area contributed by atoms with Crippen LogP contribution in [0.4, 0.5) is 0 Å². The van der Waals surface area contributed by atoms with Crippen LogP contribution in [-0.2, 0) is 32.2 Å². The molecule has 172 valence electrons. The number of rotatable bonds is 6. The SMILES string of the molecule is CCOC(=O)Cn1nnc2c1-c1ccccc1-c1c(nnn1CC(=O)OCC)-c1ccccc1-2. The van der Waals surface area contributed by atoms with E-state index in [9.17, 15) is 9.59 Å². The first-order chi connectivity index (χ1) is 16.6. The van der Waals surface area contributed by atoms with E-state index in [0.29, 0.717) is 22.8 Å². The van der Waals surface area contributed by atoms with E-state index in [1.165, 1.54) is 0 Å². The predicted molar refractivity (Wildman–Crippen MR) is 122 cm³/mol. The Labute approximate surface area is 195 Å². The third-order valence-corrected chi connectivity index (χ3v) is 5.51. The van der Waals surface area contributed by atoms with Crippen molar-refractivity contribution in [3.8, 4) is 45.0 Å². The van der Waals surface area contributed by atoms with Crippen LogP contribution >= 0.6 is 0 Å². The highest BCUT2D eigenvalue weighted by Crippen LogP contribution is 2.45. The molecule has 0 amide bonds. The van der Waals surface area contributed by atoms with Crippen LogP contribution in [0.25, 0.3) is 45.0 Å². The fourth-order valence-electron chi connectivity index (χ4n) is 4.19. The van der Waals surface area contributed by atoms with Gasteiger partial charge in [-0.05, 0) is 13.8 Å². The first-order valence-corrected chi connectivity index (χ1v) is 11.0. The molecule has 5 rings (SSSR count). The lowest BCUT2D eigenvalue weighted by atomic mass is 9.89. The third kappa shape index (κ3) is 3.62. The zero-order valence-electron chi connectivity index (χ0n) is 18.8. The number of carbonyl (C=O) groups is 2. The van der Waals surface area contributed by atoms with E-state index in [1.807, 2.05) is 48.5 Å². The van der Waals surface area contributed by atoms with Crippen LogP contribution in [0.5, 0.6) is 0 Å². The molecule has 0 radical (unpaired) electrons. The standard InChI is InChI=1S/C24H22N6O4/c1-3-33-19(31)13-29-23-17-11-7-8-12-18(17)24-22(26-28-30(24)14-20(32)34-4-2)16-10-6-5-9-15(16)21(23)25-27-29/h5-12H,3-4,13-14H2,1-2H3. The predicted octanol–water partition coefficient (Wildman–Crippen LogP) is 2.98. The van der Waals surface area contributed by atoms with E-state index in [4.69, 9.17) is 9.47 Å². The molecule has 0 saturated heterocycles. The van der Waals surface area contributed by atoms with Gasteiger partial charge in [-0.3, -0.25) is 9.59 Å². The normalized spacial score (nSPS) is 11.4. The van der Waals surface area contributed by atoms with Crippen molar-refractivity contribution in [3.05, 3.63) is 48.5 Å². The Morgan fingerprint density at radius 3 is 1.44 bits per heavy atom. The van der Waals surface area contributed by atoms with Crippen LogP contribution < -0.4 is 0 Å². The molecule has 2 heterocycles. The number of hydrogen-bond donors (Lipinski definition) is 0. The minimum absolute atomic E-state index is 0.0835. The van der Waals surface area contributed by atoms with Crippen LogP contribution in [0.15, 0.2) is 48.5 Å². The molecule has 34 heavy (non-hydrogen) atoms. The van der Waals surface area contributed by atoms with Crippen molar-refractivity contribution in [2.45, 2.75) is 26.9 Å². The highest BCUT2D eigenvalue weighted by molar-refractivity contribution is 5.99. The Morgan fingerprint density at radius 2 is 1.06 bits per heavy atom. The molecule has 0 N–H and O–H groups in total. The number of aromatic nitrogens is 6. The molecule has 10 heteroatoms. The van der Waals surface area contributed by atoms with Crippen LogP contribution in [0, 0.1) is 0 Å². The summed E-state index contributed by atoms with van der Waals surface area (Å²) in [5.41, 5.74) is 5.76. The molecule has 0 fully saturated rings. The van der Waals surface area contributed by atoms with Crippen molar-refractivity contribution in [1.29, 1.82) is 0 Å². The molecule has 10 nitrogen and oxygen atoms in total. The second-order valence-corrected chi connectivity index (χ2v) is 7.59. The molecular formula is C24H22N6O4. The summed E-state index contributed by atoms with van der Waals surface area (Å²) in [5, 5.41) is 17.5. The molecule has 0 atom stereocenters. The van der Waals surface area contributed by atoms with Gasteiger partial charge < -0.3 is 9.47 Å². The number of ether oxygens (including phenoxy) is 2. The fraction of sp³-hybridized carbons (Fsp3) is 0.250. The molecule has 1 aliphatic carbocycles. The van der Waals surface area contributed by atoms with Gasteiger partial charge >= 0.3 is 11.9 Å². The first-order valence-electron chi connectivity index (χ1n) is 11.0. The Bertz CT molecular complexity index is 1290. The Balaban J connectivity index is 1.77. The molecule has 0 bridgehead atoms. The molecule has 0 unspecified atom stereocenters. The Morgan fingerprint density at radius 1 is 0.676 bits per heavy atom. The maximum Gasteiger partial charge on any atom is 0.327 e. The number of hydrogen-bond acceptors (Lipinski definition) is 8. The zero-order valence-corrected chi connectivity index (χ0v) is 18.8. The van der Waals surface area contributed by atoms with E-state index >= 15 is 0 Å². The molecule has 0 aliphatic heterocycles. The molecule has 0 spiro atoms. The van der Waals surface area contributed by atoms with Crippen LogP contribution in [0.1, 0.15) is 13.8 Å². The van der Waals surface area contributed by atoms with Gasteiger partial charge in [0.1, 0.15) is 24.5 Å². The molecule has 0 saturated carbocycles. The molecule has 4 aromatic rings. The number of benzene rings is 2. The van der Waals surface area contributed by atoms with Crippen molar-refractivity contribution < 1.29 is 19.1 Å². The third-order valence-electron chi connectivity index (χ3n) is 5.51. The van der Waals surface area contributed by atoms with Gasteiger partial charge in [-0.25, -0.2) is 9.36 Å². The summed E-state index contributed by atoms with van der Waals surface area (Å²) in [5.74, 6) is -0.810. The number of carbonyl (C=O) groups excluding carboxylic acids is 2. The van der Waals surface area contributed by atoms with E-state index in [0.717, 1.165) is 22.3 Å². The highest BCUT2D eigenvalue weighted by atomic mass is 16.5. The van der Waals surface area contributed by atoms with E-state index in [2.05, 4.69) is 20.6 Å². The van der Waals surface area contributed by atoms with Gasteiger partial charge in [-0.2, -0.15) is 0 Å². The fourth-order valence-corrected chi connectivity index (χ4v) is 4.19. The smallest absolute Gasteiger partial charge is 0.327 e. The minimum atomic E-state index is -0.405. The summed E-state index contributed by atoms with van der Waals surface area (Å²) >= 11 is 0. The summed E-state index contributed by atoms with van der Waals surface area (Å²) in [6, 6.07) is 15.3. The highest BCUT2D eigenvalue weighted by Gasteiger charge is 2.30. The molecule has 2 aromatic heterocycles. The summed E-state index contributed by atoms with van der Waals surface area (Å²) in [6.07, 6.45) is 0. The summed E-state index contributed by atoms with van der Waals surface area (Å²) in [7, 11) is 0. The lowest BCUT2D eigenvalue weighted by Gasteiger charge is -2.18. The largest absolute Gasteiger partial charge is 0.465 e. The van der Waals surface area contributed by atoms with Gasteiger partial charge in [0.2, 0.25) is 0 Å². The minimum Gasteiger partial charge on any atom is -0.465 e. The van der Waals surface area contributed by atoms with Gasteiger partial charge in [0.05, 0.1) is 24.6 Å². The maximum absolute atomic E-state index is 12.3. The summed E-state index contributed by atoms with van der Waals surface area (Å²) in [6.45, 7) is 3.90.